The Hall–Kier alpha value is -1.10. The first-order valence-electron chi connectivity index (χ1n) is 8.83. The van der Waals surface area contributed by atoms with E-state index in [1.54, 1.807) is 16.2 Å². The summed E-state index contributed by atoms with van der Waals surface area (Å²) in [6.07, 6.45) is 1.75. The normalized spacial score (nSPS) is 16.2. The summed E-state index contributed by atoms with van der Waals surface area (Å²) in [5.74, 6) is 0.799. The lowest BCUT2D eigenvalue weighted by Crippen LogP contribution is -2.50. The summed E-state index contributed by atoms with van der Waals surface area (Å²) in [6.45, 7) is 11.3. The number of thiazole rings is 1. The molecule has 1 aromatic rings. The fourth-order valence-electron chi connectivity index (χ4n) is 2.63. The highest BCUT2D eigenvalue weighted by Crippen LogP contribution is 2.24. The number of piperidine rings is 1. The number of likely N-dealkylation sites (tertiary alicyclic amines) is 1. The molecule has 7 nitrogen and oxygen atoms in total. The van der Waals surface area contributed by atoms with Crippen molar-refractivity contribution in [3.63, 3.8) is 0 Å². The van der Waals surface area contributed by atoms with Crippen molar-refractivity contribution in [3.8, 4) is 0 Å². The van der Waals surface area contributed by atoms with Gasteiger partial charge in [-0.2, -0.15) is 0 Å². The van der Waals surface area contributed by atoms with E-state index in [1.165, 1.54) is 0 Å². The molecule has 0 aliphatic carbocycles. The summed E-state index contributed by atoms with van der Waals surface area (Å²) in [6, 6.07) is -0.0349. The molecule has 1 saturated heterocycles. The number of nitrogens with one attached hydrogen (secondary N) is 2. The van der Waals surface area contributed by atoms with Gasteiger partial charge in [0.15, 0.2) is 5.96 Å². The Morgan fingerprint density at radius 1 is 1.42 bits per heavy atom. The first kappa shape index (κ1) is 22.9. The van der Waals surface area contributed by atoms with Gasteiger partial charge in [0, 0.05) is 36.5 Å². The van der Waals surface area contributed by atoms with E-state index in [0.29, 0.717) is 25.7 Å². The van der Waals surface area contributed by atoms with E-state index in [4.69, 9.17) is 5.73 Å². The van der Waals surface area contributed by atoms with Crippen LogP contribution in [0.2, 0.25) is 0 Å². The topological polar surface area (TPSA) is 95.6 Å². The van der Waals surface area contributed by atoms with Crippen LogP contribution in [0.5, 0.6) is 0 Å². The maximum absolute atomic E-state index is 11.2. The number of carbonyl (C=O) groups is 1. The van der Waals surface area contributed by atoms with Crippen LogP contribution >= 0.6 is 35.3 Å². The number of rotatable bonds is 4. The van der Waals surface area contributed by atoms with Crippen molar-refractivity contribution in [2.45, 2.75) is 58.5 Å². The van der Waals surface area contributed by atoms with E-state index >= 15 is 0 Å². The Labute approximate surface area is 177 Å². The van der Waals surface area contributed by atoms with Crippen molar-refractivity contribution in [2.24, 2.45) is 10.7 Å². The first-order chi connectivity index (χ1) is 11.8. The third-order valence-corrected chi connectivity index (χ3v) is 5.02. The van der Waals surface area contributed by atoms with Gasteiger partial charge in [-0.05, 0) is 19.8 Å². The molecule has 0 bridgehead atoms. The number of urea groups is 1. The number of hydrogen-bond donors (Lipinski definition) is 3. The van der Waals surface area contributed by atoms with Crippen molar-refractivity contribution in [3.05, 3.63) is 16.1 Å². The largest absolute Gasteiger partial charge is 0.357 e. The maximum atomic E-state index is 11.2. The van der Waals surface area contributed by atoms with Crippen molar-refractivity contribution < 1.29 is 4.79 Å². The van der Waals surface area contributed by atoms with Gasteiger partial charge in [0.2, 0.25) is 0 Å². The monoisotopic (exact) mass is 494 g/mol. The van der Waals surface area contributed by atoms with Crippen molar-refractivity contribution >= 4 is 47.3 Å². The van der Waals surface area contributed by atoms with Crippen LogP contribution in [-0.4, -0.2) is 47.6 Å². The maximum Gasteiger partial charge on any atom is 0.314 e. The van der Waals surface area contributed by atoms with Gasteiger partial charge in [-0.1, -0.05) is 20.8 Å². The van der Waals surface area contributed by atoms with Crippen LogP contribution in [0.3, 0.4) is 0 Å². The fraction of sp³-hybridized carbons (Fsp3) is 0.706. The molecular weight excluding hydrogens is 463 g/mol. The van der Waals surface area contributed by atoms with Crippen LogP contribution in [-0.2, 0) is 12.0 Å². The highest BCUT2D eigenvalue weighted by Gasteiger charge is 2.22. The number of amides is 2. The SMILES string of the molecule is CCNC(=NCc1nc(C(C)(C)C)cs1)NC1CCN(C(N)=O)CC1.I. The van der Waals surface area contributed by atoms with Gasteiger partial charge < -0.3 is 21.3 Å². The van der Waals surface area contributed by atoms with Gasteiger partial charge in [0.25, 0.3) is 0 Å². The van der Waals surface area contributed by atoms with Crippen LogP contribution in [0, 0.1) is 0 Å². The number of guanidine groups is 1. The Morgan fingerprint density at radius 3 is 2.58 bits per heavy atom. The minimum Gasteiger partial charge on any atom is -0.357 e. The van der Waals surface area contributed by atoms with Gasteiger partial charge in [-0.25, -0.2) is 14.8 Å². The summed E-state index contributed by atoms with van der Waals surface area (Å²) in [4.78, 5) is 22.2. The van der Waals surface area contributed by atoms with Crippen LogP contribution in [0.15, 0.2) is 10.4 Å². The second kappa shape index (κ2) is 10.3. The van der Waals surface area contributed by atoms with E-state index in [0.717, 1.165) is 36.0 Å². The van der Waals surface area contributed by atoms with E-state index in [9.17, 15) is 4.79 Å². The third-order valence-electron chi connectivity index (χ3n) is 4.18. The Balaban J connectivity index is 0.00000338. The number of primary amides is 1. The lowest BCUT2D eigenvalue weighted by molar-refractivity contribution is 0.188. The smallest absolute Gasteiger partial charge is 0.314 e. The first-order valence-corrected chi connectivity index (χ1v) is 9.71. The molecule has 0 aromatic carbocycles. The number of halogens is 1. The highest BCUT2D eigenvalue weighted by atomic mass is 127. The molecule has 1 aromatic heterocycles. The molecule has 26 heavy (non-hydrogen) atoms. The number of nitrogens with zero attached hydrogens (tertiary/aromatic N) is 3. The number of aliphatic imine (C=N–C) groups is 1. The molecule has 9 heteroatoms. The molecule has 1 fully saturated rings. The average molecular weight is 494 g/mol. The van der Waals surface area contributed by atoms with Crippen LogP contribution in [0.4, 0.5) is 4.79 Å². The Bertz CT molecular complexity index is 605. The van der Waals surface area contributed by atoms with Gasteiger partial charge >= 0.3 is 6.03 Å². The van der Waals surface area contributed by atoms with Gasteiger partial charge in [-0.3, -0.25) is 0 Å². The number of aromatic nitrogens is 1. The van der Waals surface area contributed by atoms with E-state index in [-0.39, 0.29) is 35.4 Å². The lowest BCUT2D eigenvalue weighted by Gasteiger charge is -2.32. The summed E-state index contributed by atoms with van der Waals surface area (Å²) in [5.41, 5.74) is 6.51. The standard InChI is InChI=1S/C17H30N6OS.HI/c1-5-19-16(21-12-6-8-23(9-7-12)15(18)24)20-10-14-22-13(11-25-14)17(2,3)4;/h11-12H,5-10H2,1-4H3,(H2,18,24)(H2,19,20,21);1H. The molecule has 1 aliphatic heterocycles. The molecule has 148 valence electrons. The predicted octanol–water partition coefficient (Wildman–Crippen LogP) is 2.66. The van der Waals surface area contributed by atoms with E-state index in [2.05, 4.69) is 46.8 Å². The molecule has 2 heterocycles. The summed E-state index contributed by atoms with van der Waals surface area (Å²) < 4.78 is 0. The second-order valence-electron chi connectivity index (χ2n) is 7.32. The molecular formula is C17H31IN6OS. The van der Waals surface area contributed by atoms with Crippen molar-refractivity contribution in [1.82, 2.24) is 20.5 Å². The molecule has 2 amide bonds. The zero-order valence-corrected chi connectivity index (χ0v) is 19.2. The zero-order chi connectivity index (χ0) is 18.4. The quantitative estimate of drug-likeness (QED) is 0.341. The average Bonchev–Trinajstić information content (AvgIpc) is 3.02. The van der Waals surface area contributed by atoms with Crippen molar-refractivity contribution in [2.75, 3.05) is 19.6 Å². The van der Waals surface area contributed by atoms with E-state index in [1.807, 2.05) is 6.92 Å². The predicted molar refractivity (Wildman–Crippen MR) is 118 cm³/mol. The minimum absolute atomic E-state index is 0. The molecule has 0 unspecified atom stereocenters. The molecule has 2 rings (SSSR count). The van der Waals surface area contributed by atoms with Gasteiger partial charge in [-0.15, -0.1) is 35.3 Å². The summed E-state index contributed by atoms with van der Waals surface area (Å²) in [5, 5.41) is 9.88. The molecule has 4 N–H and O–H groups in total. The molecule has 0 saturated carbocycles. The van der Waals surface area contributed by atoms with E-state index < -0.39 is 0 Å². The molecule has 1 aliphatic rings. The van der Waals surface area contributed by atoms with Crippen molar-refractivity contribution in [1.29, 1.82) is 0 Å². The van der Waals surface area contributed by atoms with Crippen LogP contribution in [0.25, 0.3) is 0 Å². The third kappa shape index (κ3) is 6.90. The summed E-state index contributed by atoms with van der Waals surface area (Å²) >= 11 is 1.65. The number of carbonyl (C=O) groups excluding carboxylic acids is 1. The van der Waals surface area contributed by atoms with Crippen LogP contribution in [0.1, 0.15) is 51.2 Å². The summed E-state index contributed by atoms with van der Waals surface area (Å²) in [7, 11) is 0. The minimum atomic E-state index is -0.336. The van der Waals surface area contributed by atoms with Gasteiger partial charge in [0.05, 0.1) is 12.2 Å². The second-order valence-corrected chi connectivity index (χ2v) is 8.26. The highest BCUT2D eigenvalue weighted by molar-refractivity contribution is 14.0. The molecule has 0 spiro atoms. The fourth-order valence-corrected chi connectivity index (χ4v) is 3.58. The van der Waals surface area contributed by atoms with Crippen LogP contribution < -0.4 is 16.4 Å². The zero-order valence-electron chi connectivity index (χ0n) is 16.0. The Kier molecular flexibility index (Phi) is 9.08. The molecule has 0 radical (unpaired) electrons. The number of hydrogen-bond acceptors (Lipinski definition) is 4. The number of nitrogens with two attached hydrogens (primary N) is 1. The van der Waals surface area contributed by atoms with Gasteiger partial charge in [0.1, 0.15) is 5.01 Å². The Morgan fingerprint density at radius 2 is 2.08 bits per heavy atom. The molecule has 0 atom stereocenters. The lowest BCUT2D eigenvalue weighted by atomic mass is 9.93.